The summed E-state index contributed by atoms with van der Waals surface area (Å²) < 4.78 is 60.1. The average molecular weight is 388 g/mol. The monoisotopic (exact) mass is 387 g/mol. The Morgan fingerprint density at radius 2 is 1.68 bits per heavy atom. The number of halogens is 3. The maximum Gasteiger partial charge on any atom is 0.244 e. The third-order valence-electron chi connectivity index (χ3n) is 4.04. The molecular weight excluding hydrogens is 372 g/mol. The second-order valence-corrected chi connectivity index (χ2v) is 8.17. The molecule has 1 aliphatic rings. The van der Waals surface area contributed by atoms with Gasteiger partial charge in [0.15, 0.2) is 0 Å². The van der Waals surface area contributed by atoms with E-state index in [-0.39, 0.29) is 23.7 Å². The molecule has 0 N–H and O–H groups in total. The molecule has 1 fully saturated rings. The third kappa shape index (κ3) is 3.69. The summed E-state index contributed by atoms with van der Waals surface area (Å²) in [4.78, 5) is 0.0625. The van der Waals surface area contributed by atoms with Crippen molar-refractivity contribution in [3.8, 4) is 0 Å². The van der Waals surface area contributed by atoms with Gasteiger partial charge in [-0.1, -0.05) is 11.6 Å². The highest BCUT2D eigenvalue weighted by atomic mass is 35.5. The van der Waals surface area contributed by atoms with Crippen LogP contribution in [-0.4, -0.2) is 32.0 Å². The van der Waals surface area contributed by atoms with Gasteiger partial charge in [-0.2, -0.15) is 4.31 Å². The van der Waals surface area contributed by atoms with Crippen LogP contribution in [0.4, 0.5) is 8.78 Å². The summed E-state index contributed by atoms with van der Waals surface area (Å²) in [6, 6.07) is 7.45. The molecule has 1 aliphatic heterocycles. The first-order chi connectivity index (χ1) is 11.8. The Hall–Kier alpha value is -1.54. The molecule has 0 amide bonds. The van der Waals surface area contributed by atoms with Crippen LogP contribution in [0.1, 0.15) is 18.5 Å². The normalized spacial score (nSPS) is 22.1. The van der Waals surface area contributed by atoms with E-state index in [2.05, 4.69) is 0 Å². The van der Waals surface area contributed by atoms with Gasteiger partial charge < -0.3 is 4.74 Å². The highest BCUT2D eigenvalue weighted by molar-refractivity contribution is 7.89. The number of nitrogens with zero attached hydrogens (tertiary/aromatic N) is 1. The van der Waals surface area contributed by atoms with Gasteiger partial charge in [0.1, 0.15) is 11.6 Å². The van der Waals surface area contributed by atoms with Crippen LogP contribution < -0.4 is 0 Å². The standard InChI is InChI=1S/C17H16ClF2NO3S/c1-11-9-24-10-17(12-6-14(19)8-15(20)7-12)21(11)25(22,23)16-4-2-13(18)3-5-16/h2-8,11,17H,9-10H2,1H3. The molecule has 2 aromatic carbocycles. The Morgan fingerprint density at radius 1 is 1.08 bits per heavy atom. The zero-order valence-corrected chi connectivity index (χ0v) is 14.9. The van der Waals surface area contributed by atoms with Gasteiger partial charge in [0.25, 0.3) is 0 Å². The molecule has 2 unspecified atom stereocenters. The summed E-state index contributed by atoms with van der Waals surface area (Å²) in [5.41, 5.74) is 0.210. The fourth-order valence-corrected chi connectivity index (χ4v) is 4.85. The predicted molar refractivity (Wildman–Crippen MR) is 89.9 cm³/mol. The summed E-state index contributed by atoms with van der Waals surface area (Å²) in [7, 11) is -3.90. The van der Waals surface area contributed by atoms with Gasteiger partial charge in [-0.15, -0.1) is 0 Å². The van der Waals surface area contributed by atoms with Crippen molar-refractivity contribution in [2.24, 2.45) is 0 Å². The Morgan fingerprint density at radius 3 is 2.28 bits per heavy atom. The molecule has 0 spiro atoms. The Balaban J connectivity index is 2.07. The van der Waals surface area contributed by atoms with Crippen molar-refractivity contribution in [3.05, 3.63) is 64.7 Å². The van der Waals surface area contributed by atoms with Crippen LogP contribution in [0.25, 0.3) is 0 Å². The Bertz CT molecular complexity index is 854. The van der Waals surface area contributed by atoms with E-state index in [0.29, 0.717) is 5.02 Å². The van der Waals surface area contributed by atoms with E-state index in [1.807, 2.05) is 0 Å². The smallest absolute Gasteiger partial charge is 0.244 e. The van der Waals surface area contributed by atoms with E-state index in [4.69, 9.17) is 16.3 Å². The molecule has 2 atom stereocenters. The largest absolute Gasteiger partial charge is 0.378 e. The molecular formula is C17H16ClF2NO3S. The minimum atomic E-state index is -3.90. The molecule has 25 heavy (non-hydrogen) atoms. The lowest BCUT2D eigenvalue weighted by atomic mass is 10.0. The van der Waals surface area contributed by atoms with Gasteiger partial charge in [0, 0.05) is 17.1 Å². The first-order valence-corrected chi connectivity index (χ1v) is 9.43. The lowest BCUT2D eigenvalue weighted by Gasteiger charge is -2.39. The van der Waals surface area contributed by atoms with Crippen molar-refractivity contribution < 1.29 is 21.9 Å². The maximum atomic E-state index is 13.6. The van der Waals surface area contributed by atoms with Crippen LogP contribution in [0.15, 0.2) is 47.4 Å². The summed E-state index contributed by atoms with van der Waals surface area (Å²) in [6.45, 7) is 1.90. The minimum Gasteiger partial charge on any atom is -0.378 e. The summed E-state index contributed by atoms with van der Waals surface area (Å²) >= 11 is 5.82. The third-order valence-corrected chi connectivity index (χ3v) is 6.32. The van der Waals surface area contributed by atoms with E-state index in [1.54, 1.807) is 6.92 Å². The second-order valence-electron chi connectivity index (χ2n) is 5.89. The lowest BCUT2D eigenvalue weighted by molar-refractivity contribution is -0.000983. The van der Waals surface area contributed by atoms with Gasteiger partial charge in [-0.3, -0.25) is 0 Å². The Labute approximate surface area is 150 Å². The quantitative estimate of drug-likeness (QED) is 0.805. The van der Waals surface area contributed by atoms with E-state index >= 15 is 0 Å². The molecule has 0 radical (unpaired) electrons. The molecule has 1 heterocycles. The van der Waals surface area contributed by atoms with Crippen molar-refractivity contribution in [1.82, 2.24) is 4.31 Å². The van der Waals surface area contributed by atoms with Crippen LogP contribution in [0.2, 0.25) is 5.02 Å². The van der Waals surface area contributed by atoms with Gasteiger partial charge >= 0.3 is 0 Å². The van der Waals surface area contributed by atoms with Gasteiger partial charge in [0.2, 0.25) is 10.0 Å². The predicted octanol–water partition coefficient (Wildman–Crippen LogP) is 3.77. The number of ether oxygens (including phenoxy) is 1. The first-order valence-electron chi connectivity index (χ1n) is 7.62. The molecule has 0 aliphatic carbocycles. The molecule has 1 saturated heterocycles. The fraction of sp³-hybridized carbons (Fsp3) is 0.294. The average Bonchev–Trinajstić information content (AvgIpc) is 2.54. The van der Waals surface area contributed by atoms with E-state index in [9.17, 15) is 17.2 Å². The maximum absolute atomic E-state index is 13.6. The molecule has 0 bridgehead atoms. The summed E-state index contributed by atoms with van der Waals surface area (Å²) in [6.07, 6.45) is 0. The fourth-order valence-electron chi connectivity index (χ4n) is 2.95. The molecule has 3 rings (SSSR count). The molecule has 4 nitrogen and oxygen atoms in total. The topological polar surface area (TPSA) is 46.6 Å². The highest BCUT2D eigenvalue weighted by Crippen LogP contribution is 2.34. The van der Waals surface area contributed by atoms with E-state index in [0.717, 1.165) is 18.2 Å². The first kappa shape index (κ1) is 18.3. The minimum absolute atomic E-state index is 0.0139. The number of hydrogen-bond donors (Lipinski definition) is 0. The zero-order valence-electron chi connectivity index (χ0n) is 13.3. The van der Waals surface area contributed by atoms with E-state index in [1.165, 1.54) is 28.6 Å². The van der Waals surface area contributed by atoms with Crippen LogP contribution in [0.3, 0.4) is 0 Å². The van der Waals surface area contributed by atoms with Crippen LogP contribution in [0, 0.1) is 11.6 Å². The highest BCUT2D eigenvalue weighted by Gasteiger charge is 2.39. The van der Waals surface area contributed by atoms with Crippen molar-refractivity contribution in [2.45, 2.75) is 23.9 Å². The van der Waals surface area contributed by atoms with Crippen molar-refractivity contribution in [1.29, 1.82) is 0 Å². The van der Waals surface area contributed by atoms with Crippen molar-refractivity contribution in [3.63, 3.8) is 0 Å². The molecule has 2 aromatic rings. The van der Waals surface area contributed by atoms with Crippen LogP contribution >= 0.6 is 11.6 Å². The lowest BCUT2D eigenvalue weighted by Crippen LogP contribution is -2.49. The van der Waals surface area contributed by atoms with E-state index < -0.39 is 33.7 Å². The number of benzene rings is 2. The number of sulfonamides is 1. The summed E-state index contributed by atoms with van der Waals surface area (Å²) in [5, 5.41) is 0.415. The molecule has 8 heteroatoms. The van der Waals surface area contributed by atoms with Gasteiger partial charge in [0.05, 0.1) is 24.2 Å². The van der Waals surface area contributed by atoms with Gasteiger partial charge in [-0.25, -0.2) is 17.2 Å². The number of hydrogen-bond acceptors (Lipinski definition) is 3. The molecule has 0 saturated carbocycles. The second kappa shape index (κ2) is 6.99. The SMILES string of the molecule is CC1COCC(c2cc(F)cc(F)c2)N1S(=O)(=O)c1ccc(Cl)cc1. The number of morpholine rings is 1. The molecule has 134 valence electrons. The Kier molecular flexibility index (Phi) is 5.11. The zero-order chi connectivity index (χ0) is 18.2. The van der Waals surface area contributed by atoms with Gasteiger partial charge in [-0.05, 0) is 48.9 Å². The van der Waals surface area contributed by atoms with Crippen LogP contribution in [-0.2, 0) is 14.8 Å². The summed E-state index contributed by atoms with van der Waals surface area (Å²) in [5.74, 6) is -1.53. The van der Waals surface area contributed by atoms with Crippen molar-refractivity contribution in [2.75, 3.05) is 13.2 Å². The molecule has 0 aromatic heterocycles. The van der Waals surface area contributed by atoms with Crippen molar-refractivity contribution >= 4 is 21.6 Å². The number of rotatable bonds is 3. The van der Waals surface area contributed by atoms with Crippen LogP contribution in [0.5, 0.6) is 0 Å².